The van der Waals surface area contributed by atoms with E-state index in [0.717, 1.165) is 0 Å². The molecule has 0 aliphatic carbocycles. The Morgan fingerprint density at radius 1 is 1.08 bits per heavy atom. The highest BCUT2D eigenvalue weighted by molar-refractivity contribution is 6.30. The minimum absolute atomic E-state index is 0.0160. The zero-order valence-corrected chi connectivity index (χ0v) is 20.0. The number of fused-ring (bicyclic) bond motifs is 3. The minimum atomic E-state index is -1.83. The van der Waals surface area contributed by atoms with Crippen LogP contribution in [0.25, 0.3) is 0 Å². The number of nitrogens with zero attached hydrogens (tertiary/aromatic N) is 3. The molecule has 0 radical (unpaired) electrons. The number of cyclic esters (lactones) is 1. The molecular weight excluding hydrogens is 495 g/mol. The van der Waals surface area contributed by atoms with Crippen molar-refractivity contribution >= 4 is 34.9 Å². The fraction of sp³-hybridized carbons (Fsp3) is 0.107. The smallest absolute Gasteiger partial charge is 0.338 e. The second kappa shape index (κ2) is 8.22. The van der Waals surface area contributed by atoms with Crippen molar-refractivity contribution in [1.29, 1.82) is 5.26 Å². The molecule has 1 spiro atoms. The fourth-order valence-corrected chi connectivity index (χ4v) is 5.64. The van der Waals surface area contributed by atoms with E-state index in [1.807, 2.05) is 0 Å². The molecule has 0 bridgehead atoms. The topological polar surface area (TPSA) is 99.7 Å². The fourth-order valence-electron chi connectivity index (χ4n) is 5.46. The van der Waals surface area contributed by atoms with Crippen LogP contribution in [0, 0.1) is 17.1 Å². The average molecular weight is 513 g/mol. The average Bonchev–Trinajstić information content (AvgIpc) is 3.38. The van der Waals surface area contributed by atoms with Crippen molar-refractivity contribution < 1.29 is 18.7 Å². The summed E-state index contributed by atoms with van der Waals surface area (Å²) in [7, 11) is 0. The number of nitrogens with two attached hydrogens (primary N) is 1. The number of nitriles is 1. The predicted molar refractivity (Wildman–Crippen MR) is 134 cm³/mol. The Kier molecular flexibility index (Phi) is 5.07. The first-order valence-electron chi connectivity index (χ1n) is 11.4. The molecule has 0 saturated carbocycles. The van der Waals surface area contributed by atoms with E-state index >= 15 is 0 Å². The Labute approximate surface area is 216 Å². The lowest BCUT2D eigenvalue weighted by molar-refractivity contribution is -0.137. The number of amides is 1. The third-order valence-electron chi connectivity index (χ3n) is 6.98. The van der Waals surface area contributed by atoms with Crippen LogP contribution in [0.1, 0.15) is 11.1 Å². The number of carbonyl (C=O) groups excluding carboxylic acids is 2. The summed E-state index contributed by atoms with van der Waals surface area (Å²) in [6.45, 7) is -0.247. The highest BCUT2D eigenvalue weighted by Gasteiger charge is 2.64. The zero-order valence-electron chi connectivity index (χ0n) is 19.2. The van der Waals surface area contributed by atoms with Gasteiger partial charge in [0.15, 0.2) is 0 Å². The van der Waals surface area contributed by atoms with Crippen molar-refractivity contribution in [1.82, 2.24) is 0 Å². The molecule has 182 valence electrons. The number of rotatable bonds is 3. The van der Waals surface area contributed by atoms with Crippen molar-refractivity contribution in [2.24, 2.45) is 5.73 Å². The number of hydrogen-bond donors (Lipinski definition) is 1. The summed E-state index contributed by atoms with van der Waals surface area (Å²) < 4.78 is 20.0. The van der Waals surface area contributed by atoms with Gasteiger partial charge in [0.2, 0.25) is 5.91 Å². The number of hydrogen-bond acceptors (Lipinski definition) is 6. The number of para-hydroxylation sites is 1. The number of anilines is 2. The second-order valence-corrected chi connectivity index (χ2v) is 9.27. The Bertz CT molecular complexity index is 1630. The molecule has 7 nitrogen and oxygen atoms in total. The standard InChI is InChI=1S/C28H18ClFN4O3/c29-17-7-5-8-18(12-17)34-23-15-37-26(35)24(23)28(20(13-31)25(34)32)19-9-2-4-11-22(19)33(27(28)36)14-16-6-1-3-10-21(16)30/h1-12H,14-15,32H2. The monoisotopic (exact) mass is 512 g/mol. The second-order valence-electron chi connectivity index (χ2n) is 8.84. The predicted octanol–water partition coefficient (Wildman–Crippen LogP) is 4.29. The third kappa shape index (κ3) is 3.04. The van der Waals surface area contributed by atoms with Crippen molar-refractivity contribution in [3.63, 3.8) is 0 Å². The van der Waals surface area contributed by atoms with Crippen LogP contribution in [-0.2, 0) is 26.3 Å². The quantitative estimate of drug-likeness (QED) is 0.526. The van der Waals surface area contributed by atoms with Crippen LogP contribution in [0.4, 0.5) is 15.8 Å². The molecule has 1 unspecified atom stereocenters. The molecule has 6 rings (SSSR count). The number of halogens is 2. The van der Waals surface area contributed by atoms with Gasteiger partial charge in [0.1, 0.15) is 29.7 Å². The van der Waals surface area contributed by atoms with Crippen LogP contribution in [0.3, 0.4) is 0 Å². The molecule has 0 saturated heterocycles. The van der Waals surface area contributed by atoms with Gasteiger partial charge in [-0.25, -0.2) is 9.18 Å². The summed E-state index contributed by atoms with van der Waals surface area (Å²) in [6, 6.07) is 21.9. The van der Waals surface area contributed by atoms with E-state index in [2.05, 4.69) is 6.07 Å². The highest BCUT2D eigenvalue weighted by atomic mass is 35.5. The lowest BCUT2D eigenvalue weighted by Gasteiger charge is -2.38. The Morgan fingerprint density at radius 2 is 1.84 bits per heavy atom. The summed E-state index contributed by atoms with van der Waals surface area (Å²) in [5.41, 5.74) is 6.71. The Balaban J connectivity index is 1.62. The molecule has 1 amide bonds. The number of ether oxygens (including phenoxy) is 1. The molecule has 0 fully saturated rings. The van der Waals surface area contributed by atoms with Gasteiger partial charge in [-0.05, 0) is 30.3 Å². The van der Waals surface area contributed by atoms with E-state index in [4.69, 9.17) is 22.1 Å². The molecule has 9 heteroatoms. The van der Waals surface area contributed by atoms with Gasteiger partial charge in [-0.15, -0.1) is 0 Å². The van der Waals surface area contributed by atoms with Crippen molar-refractivity contribution in [2.45, 2.75) is 12.0 Å². The van der Waals surface area contributed by atoms with Crippen molar-refractivity contribution in [3.05, 3.63) is 117 Å². The van der Waals surface area contributed by atoms with E-state index < -0.39 is 23.1 Å². The van der Waals surface area contributed by atoms with Gasteiger partial charge in [-0.3, -0.25) is 9.69 Å². The van der Waals surface area contributed by atoms with Crippen LogP contribution >= 0.6 is 11.6 Å². The van der Waals surface area contributed by atoms with Crippen molar-refractivity contribution in [2.75, 3.05) is 16.4 Å². The molecule has 3 aliphatic heterocycles. The van der Waals surface area contributed by atoms with E-state index in [1.165, 1.54) is 15.9 Å². The van der Waals surface area contributed by atoms with Gasteiger partial charge in [0.25, 0.3) is 0 Å². The van der Waals surface area contributed by atoms with Crippen molar-refractivity contribution in [3.8, 4) is 6.07 Å². The first kappa shape index (κ1) is 22.8. The van der Waals surface area contributed by atoms with Gasteiger partial charge < -0.3 is 15.4 Å². The summed E-state index contributed by atoms with van der Waals surface area (Å²) in [5, 5.41) is 10.9. The van der Waals surface area contributed by atoms with Crippen LogP contribution in [0.5, 0.6) is 0 Å². The van der Waals surface area contributed by atoms with Gasteiger partial charge >= 0.3 is 5.97 Å². The number of carbonyl (C=O) groups is 2. The highest BCUT2D eigenvalue weighted by Crippen LogP contribution is 2.56. The number of esters is 1. The summed E-state index contributed by atoms with van der Waals surface area (Å²) in [5.74, 6) is -1.79. The van der Waals surface area contributed by atoms with E-state index in [1.54, 1.807) is 66.7 Å². The first-order chi connectivity index (χ1) is 17.9. The maximum atomic E-state index is 14.6. The molecule has 3 aliphatic rings. The molecule has 1 atom stereocenters. The Hall–Kier alpha value is -4.61. The molecule has 3 aromatic rings. The normalized spacial score (nSPS) is 20.4. The molecule has 3 heterocycles. The van der Waals surface area contributed by atoms with Gasteiger partial charge in [-0.2, -0.15) is 5.26 Å². The van der Waals surface area contributed by atoms with E-state index in [-0.39, 0.29) is 35.7 Å². The van der Waals surface area contributed by atoms with E-state index in [0.29, 0.717) is 27.7 Å². The van der Waals surface area contributed by atoms with E-state index in [9.17, 15) is 19.2 Å². The molecule has 0 aromatic heterocycles. The van der Waals surface area contributed by atoms with Gasteiger partial charge in [0, 0.05) is 27.5 Å². The summed E-state index contributed by atoms with van der Waals surface area (Å²) in [6.07, 6.45) is 0. The van der Waals surface area contributed by atoms with Gasteiger partial charge in [-0.1, -0.05) is 54.1 Å². The Morgan fingerprint density at radius 3 is 2.59 bits per heavy atom. The molecule has 3 aromatic carbocycles. The maximum Gasteiger partial charge on any atom is 0.338 e. The molecular formula is C28H18ClFN4O3. The third-order valence-corrected chi connectivity index (χ3v) is 7.21. The summed E-state index contributed by atoms with van der Waals surface area (Å²) in [4.78, 5) is 30.7. The molecule has 37 heavy (non-hydrogen) atoms. The van der Waals surface area contributed by atoms with Crippen LogP contribution in [0.15, 0.2) is 95.5 Å². The van der Waals surface area contributed by atoms with Crippen LogP contribution < -0.4 is 15.5 Å². The lowest BCUT2D eigenvalue weighted by Crippen LogP contribution is -2.50. The maximum absolute atomic E-state index is 14.6. The zero-order chi connectivity index (χ0) is 25.9. The van der Waals surface area contributed by atoms with Crippen LogP contribution in [-0.4, -0.2) is 18.5 Å². The van der Waals surface area contributed by atoms with Crippen LogP contribution in [0.2, 0.25) is 5.02 Å². The van der Waals surface area contributed by atoms with Gasteiger partial charge in [0.05, 0.1) is 23.4 Å². The first-order valence-corrected chi connectivity index (χ1v) is 11.8. The minimum Gasteiger partial charge on any atom is -0.456 e. The lowest BCUT2D eigenvalue weighted by atomic mass is 9.67. The molecule has 2 N–H and O–H groups in total. The number of benzene rings is 3. The SMILES string of the molecule is N#CC1=C(N)N(c2cccc(Cl)c2)C2=C(C(=O)OC2)C12C(=O)N(Cc1ccccc1F)c1ccccc12. The largest absolute Gasteiger partial charge is 0.456 e. The summed E-state index contributed by atoms with van der Waals surface area (Å²) >= 11 is 6.22.